The molecule has 3 rings (SSSR count). The van der Waals surface area contributed by atoms with Crippen molar-refractivity contribution in [1.82, 2.24) is 10.6 Å². The van der Waals surface area contributed by atoms with Crippen LogP contribution < -0.4 is 10.6 Å². The molecule has 0 aliphatic carbocycles. The Kier molecular flexibility index (Phi) is 5.12. The van der Waals surface area contributed by atoms with Gasteiger partial charge in [-0.1, -0.05) is 81.4 Å². The molecule has 4 heteroatoms. The Hall–Kier alpha value is -2.62. The average molecular weight is 350 g/mol. The molecule has 1 fully saturated rings. The summed E-state index contributed by atoms with van der Waals surface area (Å²) in [6.07, 6.45) is 0. The van der Waals surface area contributed by atoms with Crippen molar-refractivity contribution in [2.24, 2.45) is 17.3 Å². The fourth-order valence-corrected chi connectivity index (χ4v) is 3.61. The first-order valence-electron chi connectivity index (χ1n) is 9.06. The molecule has 0 aromatic heterocycles. The van der Waals surface area contributed by atoms with E-state index in [0.29, 0.717) is 6.54 Å². The van der Waals surface area contributed by atoms with Gasteiger partial charge in [-0.15, -0.1) is 0 Å². The Bertz CT molecular complexity index is 726. The lowest BCUT2D eigenvalue weighted by molar-refractivity contribution is -0.135. The number of benzene rings is 2. The van der Waals surface area contributed by atoms with Crippen LogP contribution >= 0.6 is 0 Å². The summed E-state index contributed by atoms with van der Waals surface area (Å²) in [5.74, 6) is -1.08. The zero-order valence-corrected chi connectivity index (χ0v) is 15.5. The summed E-state index contributed by atoms with van der Waals surface area (Å²) in [5.41, 5.74) is 1.87. The van der Waals surface area contributed by atoms with Crippen molar-refractivity contribution in [3.05, 3.63) is 71.8 Å². The lowest BCUT2D eigenvalue weighted by atomic mass is 9.74. The zero-order chi connectivity index (χ0) is 18.7. The van der Waals surface area contributed by atoms with Crippen LogP contribution in [0.25, 0.3) is 0 Å². The van der Waals surface area contributed by atoms with Crippen LogP contribution in [0.5, 0.6) is 0 Å². The molecule has 2 atom stereocenters. The van der Waals surface area contributed by atoms with E-state index in [-0.39, 0.29) is 29.2 Å². The fourth-order valence-electron chi connectivity index (χ4n) is 3.61. The Morgan fingerprint density at radius 2 is 1.50 bits per heavy atom. The molecule has 26 heavy (non-hydrogen) atoms. The molecule has 0 bridgehead atoms. The molecule has 0 radical (unpaired) electrons. The van der Waals surface area contributed by atoms with Gasteiger partial charge >= 0.3 is 0 Å². The van der Waals surface area contributed by atoms with Gasteiger partial charge < -0.3 is 10.6 Å². The maximum absolute atomic E-state index is 13.1. The highest BCUT2D eigenvalue weighted by atomic mass is 16.2. The predicted octanol–water partition coefficient (Wildman–Crippen LogP) is 3.30. The largest absolute Gasteiger partial charge is 0.355 e. The first kappa shape index (κ1) is 18.2. The van der Waals surface area contributed by atoms with Gasteiger partial charge in [0.2, 0.25) is 11.8 Å². The number of carbonyl (C=O) groups is 2. The number of amides is 2. The first-order chi connectivity index (χ1) is 12.4. The van der Waals surface area contributed by atoms with Crippen LogP contribution in [0.15, 0.2) is 60.7 Å². The van der Waals surface area contributed by atoms with E-state index >= 15 is 0 Å². The summed E-state index contributed by atoms with van der Waals surface area (Å²) in [6, 6.07) is 19.4. The SMILES string of the molecule is CC(C)(C)[C@@H]1CNC(=O)[C@H]1C(=O)NC(c1ccccc1)c1ccccc1. The maximum atomic E-state index is 13.1. The Morgan fingerprint density at radius 3 is 1.96 bits per heavy atom. The predicted molar refractivity (Wildman–Crippen MR) is 102 cm³/mol. The van der Waals surface area contributed by atoms with Crippen LogP contribution in [-0.2, 0) is 9.59 Å². The minimum Gasteiger partial charge on any atom is -0.355 e. The van der Waals surface area contributed by atoms with Crippen LogP contribution in [0, 0.1) is 17.3 Å². The van der Waals surface area contributed by atoms with Gasteiger partial charge in [0.15, 0.2) is 0 Å². The summed E-state index contributed by atoms with van der Waals surface area (Å²) in [4.78, 5) is 25.5. The van der Waals surface area contributed by atoms with Crippen molar-refractivity contribution in [3.8, 4) is 0 Å². The molecule has 0 saturated carbocycles. The third kappa shape index (κ3) is 3.79. The normalized spacial score (nSPS) is 20.1. The number of rotatable bonds is 4. The molecular weight excluding hydrogens is 324 g/mol. The quantitative estimate of drug-likeness (QED) is 0.831. The zero-order valence-electron chi connectivity index (χ0n) is 15.5. The Labute approximate surface area is 155 Å². The second-order valence-electron chi connectivity index (χ2n) is 7.96. The van der Waals surface area contributed by atoms with Crippen molar-refractivity contribution in [1.29, 1.82) is 0 Å². The van der Waals surface area contributed by atoms with E-state index in [4.69, 9.17) is 0 Å². The van der Waals surface area contributed by atoms with Crippen LogP contribution in [0.3, 0.4) is 0 Å². The molecule has 4 nitrogen and oxygen atoms in total. The van der Waals surface area contributed by atoms with Gasteiger partial charge in [0.25, 0.3) is 0 Å². The van der Waals surface area contributed by atoms with Crippen molar-refractivity contribution < 1.29 is 9.59 Å². The van der Waals surface area contributed by atoms with Crippen molar-refractivity contribution in [2.45, 2.75) is 26.8 Å². The van der Waals surface area contributed by atoms with Crippen LogP contribution in [0.4, 0.5) is 0 Å². The molecule has 2 amide bonds. The van der Waals surface area contributed by atoms with Crippen LogP contribution in [-0.4, -0.2) is 18.4 Å². The number of carbonyl (C=O) groups excluding carboxylic acids is 2. The third-order valence-electron chi connectivity index (χ3n) is 5.13. The molecule has 1 aliphatic rings. The molecule has 1 saturated heterocycles. The second kappa shape index (κ2) is 7.32. The van der Waals surface area contributed by atoms with Gasteiger partial charge in [0.1, 0.15) is 5.92 Å². The first-order valence-corrected chi connectivity index (χ1v) is 9.06. The molecule has 136 valence electrons. The molecule has 1 aliphatic heterocycles. The van der Waals surface area contributed by atoms with Gasteiger partial charge in [0.05, 0.1) is 6.04 Å². The Balaban J connectivity index is 1.89. The molecule has 2 N–H and O–H groups in total. The summed E-state index contributed by atoms with van der Waals surface area (Å²) >= 11 is 0. The third-order valence-corrected chi connectivity index (χ3v) is 5.13. The minimum atomic E-state index is -0.662. The topological polar surface area (TPSA) is 58.2 Å². The summed E-state index contributed by atoms with van der Waals surface area (Å²) < 4.78 is 0. The van der Waals surface area contributed by atoms with Crippen molar-refractivity contribution in [3.63, 3.8) is 0 Å². The van der Waals surface area contributed by atoms with Gasteiger partial charge in [0, 0.05) is 12.5 Å². The van der Waals surface area contributed by atoms with Gasteiger partial charge in [-0.3, -0.25) is 9.59 Å². The smallest absolute Gasteiger partial charge is 0.233 e. The summed E-state index contributed by atoms with van der Waals surface area (Å²) in [5, 5.41) is 5.98. The number of hydrogen-bond donors (Lipinski definition) is 2. The van der Waals surface area contributed by atoms with E-state index < -0.39 is 5.92 Å². The van der Waals surface area contributed by atoms with Gasteiger partial charge in [-0.2, -0.15) is 0 Å². The monoisotopic (exact) mass is 350 g/mol. The minimum absolute atomic E-state index is 0.0257. The van der Waals surface area contributed by atoms with Crippen LogP contribution in [0.2, 0.25) is 0 Å². The van der Waals surface area contributed by atoms with E-state index in [1.165, 1.54) is 0 Å². The highest BCUT2D eigenvalue weighted by Gasteiger charge is 2.46. The maximum Gasteiger partial charge on any atom is 0.233 e. The van der Waals surface area contributed by atoms with Crippen LogP contribution in [0.1, 0.15) is 37.9 Å². The molecule has 0 unspecified atom stereocenters. The lowest BCUT2D eigenvalue weighted by Gasteiger charge is -2.30. The standard InChI is InChI=1S/C22H26N2O2/c1-22(2,3)17-14-23-20(25)18(17)21(26)24-19(15-10-6-4-7-11-15)16-12-8-5-9-13-16/h4-13,17-19H,14H2,1-3H3,(H,23,25)(H,24,26)/t17-,18+/m1/s1. The highest BCUT2D eigenvalue weighted by Crippen LogP contribution is 2.36. The lowest BCUT2D eigenvalue weighted by Crippen LogP contribution is -2.42. The Morgan fingerprint density at radius 1 is 1.00 bits per heavy atom. The molecule has 2 aromatic rings. The molecule has 0 spiro atoms. The average Bonchev–Trinajstić information content (AvgIpc) is 3.03. The van der Waals surface area contributed by atoms with E-state index in [0.717, 1.165) is 11.1 Å². The van der Waals surface area contributed by atoms with E-state index in [9.17, 15) is 9.59 Å². The van der Waals surface area contributed by atoms with E-state index in [1.807, 2.05) is 60.7 Å². The second-order valence-corrected chi connectivity index (χ2v) is 7.96. The molecular formula is C22H26N2O2. The number of nitrogens with one attached hydrogen (secondary N) is 2. The number of hydrogen-bond acceptors (Lipinski definition) is 2. The molecule has 1 heterocycles. The van der Waals surface area contributed by atoms with Crippen molar-refractivity contribution in [2.75, 3.05) is 6.54 Å². The van der Waals surface area contributed by atoms with Crippen molar-refractivity contribution >= 4 is 11.8 Å². The van der Waals surface area contributed by atoms with E-state index in [2.05, 4.69) is 31.4 Å². The molecule has 2 aromatic carbocycles. The fraction of sp³-hybridized carbons (Fsp3) is 0.364. The van der Waals surface area contributed by atoms with Gasteiger partial charge in [-0.25, -0.2) is 0 Å². The van der Waals surface area contributed by atoms with E-state index in [1.54, 1.807) is 0 Å². The van der Waals surface area contributed by atoms with Gasteiger partial charge in [-0.05, 0) is 16.5 Å². The summed E-state index contributed by atoms with van der Waals surface area (Å²) in [7, 11) is 0. The highest BCUT2D eigenvalue weighted by molar-refractivity contribution is 6.02. The summed E-state index contributed by atoms with van der Waals surface area (Å²) in [6.45, 7) is 6.76.